The third-order valence-corrected chi connectivity index (χ3v) is 4.35. The minimum atomic E-state index is -0.506. The molecule has 0 aromatic heterocycles. The first-order valence-corrected chi connectivity index (χ1v) is 8.32. The molecule has 2 aromatic rings. The lowest BCUT2D eigenvalue weighted by Gasteiger charge is -2.25. The summed E-state index contributed by atoms with van der Waals surface area (Å²) >= 11 is 0. The molecule has 3 rings (SSSR count). The van der Waals surface area contributed by atoms with Crippen LogP contribution in [0.15, 0.2) is 42.5 Å². The van der Waals surface area contributed by atoms with Crippen LogP contribution in [0.2, 0.25) is 0 Å². The molecule has 5 nitrogen and oxygen atoms in total. The molecule has 1 aliphatic heterocycles. The lowest BCUT2D eigenvalue weighted by molar-refractivity contribution is -0.125. The summed E-state index contributed by atoms with van der Waals surface area (Å²) in [6.45, 7) is 4.21. The van der Waals surface area contributed by atoms with Crippen molar-refractivity contribution in [2.45, 2.75) is 38.4 Å². The van der Waals surface area contributed by atoms with Gasteiger partial charge in [0.2, 0.25) is 5.91 Å². The van der Waals surface area contributed by atoms with Crippen molar-refractivity contribution < 1.29 is 9.59 Å². The van der Waals surface area contributed by atoms with Gasteiger partial charge in [-0.05, 0) is 37.1 Å². The number of likely N-dealkylation sites (tertiary alicyclic amines) is 1. The van der Waals surface area contributed by atoms with Gasteiger partial charge in [-0.2, -0.15) is 0 Å². The fraction of sp³-hybridized carbons (Fsp3) is 0.368. The van der Waals surface area contributed by atoms with Gasteiger partial charge in [-0.15, -0.1) is 0 Å². The van der Waals surface area contributed by atoms with Crippen LogP contribution in [0.4, 0.5) is 0 Å². The molecule has 0 bridgehead atoms. The Bertz CT molecular complexity index is 767. The van der Waals surface area contributed by atoms with Crippen molar-refractivity contribution in [3.8, 4) is 0 Å². The molecule has 3 N–H and O–H groups in total. The molecule has 0 radical (unpaired) electrons. The summed E-state index contributed by atoms with van der Waals surface area (Å²) in [5, 5.41) is 4.80. The molecule has 1 saturated heterocycles. The van der Waals surface area contributed by atoms with Gasteiger partial charge in [-0.25, -0.2) is 0 Å². The van der Waals surface area contributed by atoms with Gasteiger partial charge in [0.15, 0.2) is 0 Å². The fourth-order valence-electron chi connectivity index (χ4n) is 3.29. The largest absolute Gasteiger partial charge is 0.352 e. The zero-order chi connectivity index (χ0) is 17.3. The molecule has 126 valence electrons. The van der Waals surface area contributed by atoms with Crippen LogP contribution in [0.3, 0.4) is 0 Å². The van der Waals surface area contributed by atoms with Crippen LogP contribution >= 0.6 is 0 Å². The van der Waals surface area contributed by atoms with Crippen LogP contribution in [0.1, 0.15) is 30.6 Å². The van der Waals surface area contributed by atoms with E-state index < -0.39 is 6.04 Å². The molecule has 0 saturated carbocycles. The molecule has 0 aliphatic carbocycles. The third kappa shape index (κ3) is 3.12. The first-order chi connectivity index (χ1) is 11.5. The highest BCUT2D eigenvalue weighted by Crippen LogP contribution is 2.24. The molecular weight excluding hydrogens is 302 g/mol. The maximum Gasteiger partial charge on any atom is 0.255 e. The number of nitrogens with two attached hydrogens (primary N) is 1. The highest BCUT2D eigenvalue weighted by atomic mass is 16.2. The zero-order valence-corrected chi connectivity index (χ0v) is 14.0. The summed E-state index contributed by atoms with van der Waals surface area (Å²) in [5.41, 5.74) is 6.65. The van der Waals surface area contributed by atoms with Crippen molar-refractivity contribution in [2.24, 2.45) is 5.73 Å². The Labute approximate surface area is 141 Å². The van der Waals surface area contributed by atoms with E-state index in [4.69, 9.17) is 5.73 Å². The van der Waals surface area contributed by atoms with E-state index in [-0.39, 0.29) is 23.9 Å². The molecule has 5 heteroatoms. The first-order valence-electron chi connectivity index (χ1n) is 8.32. The summed E-state index contributed by atoms with van der Waals surface area (Å²) in [4.78, 5) is 27.2. The predicted molar refractivity (Wildman–Crippen MR) is 94.6 cm³/mol. The number of benzene rings is 2. The van der Waals surface area contributed by atoms with Crippen molar-refractivity contribution in [3.63, 3.8) is 0 Å². The van der Waals surface area contributed by atoms with Crippen molar-refractivity contribution >= 4 is 22.6 Å². The number of nitrogens with zero attached hydrogens (tertiary/aromatic N) is 1. The maximum absolute atomic E-state index is 13.1. The van der Waals surface area contributed by atoms with E-state index in [0.717, 1.165) is 10.8 Å². The molecule has 2 aromatic carbocycles. The zero-order valence-electron chi connectivity index (χ0n) is 14.0. The topological polar surface area (TPSA) is 75.4 Å². The number of fused-ring (bicyclic) bond motifs is 1. The van der Waals surface area contributed by atoms with E-state index in [9.17, 15) is 9.59 Å². The standard InChI is InChI=1S/C19H23N3O2/c1-12(2)21-18(23)17-10-14(20)11-22(17)19(24)16-9-5-7-13-6-3-4-8-15(13)16/h3-9,12,14,17H,10-11,20H2,1-2H3,(H,21,23). The quantitative estimate of drug-likeness (QED) is 0.905. The van der Waals surface area contributed by atoms with E-state index in [1.807, 2.05) is 56.3 Å². The number of rotatable bonds is 3. The van der Waals surface area contributed by atoms with Gasteiger partial charge in [-0.3, -0.25) is 9.59 Å². The molecule has 2 atom stereocenters. The van der Waals surface area contributed by atoms with Gasteiger partial charge in [0, 0.05) is 24.2 Å². The summed E-state index contributed by atoms with van der Waals surface area (Å²) in [6, 6.07) is 12.8. The molecule has 2 amide bonds. The fourth-order valence-corrected chi connectivity index (χ4v) is 3.29. The Kier molecular flexibility index (Phi) is 4.53. The Morgan fingerprint density at radius 3 is 2.62 bits per heavy atom. The van der Waals surface area contributed by atoms with Crippen molar-refractivity contribution in [1.82, 2.24) is 10.2 Å². The second kappa shape index (κ2) is 6.61. The number of hydrogen-bond donors (Lipinski definition) is 2. The molecule has 1 fully saturated rings. The van der Waals surface area contributed by atoms with Gasteiger partial charge in [0.05, 0.1) is 0 Å². The van der Waals surface area contributed by atoms with E-state index in [0.29, 0.717) is 18.5 Å². The van der Waals surface area contributed by atoms with Crippen molar-refractivity contribution in [2.75, 3.05) is 6.54 Å². The highest BCUT2D eigenvalue weighted by Gasteiger charge is 2.38. The highest BCUT2D eigenvalue weighted by molar-refractivity contribution is 6.08. The Morgan fingerprint density at radius 1 is 1.17 bits per heavy atom. The minimum absolute atomic E-state index is 0.0313. The van der Waals surface area contributed by atoms with E-state index in [1.54, 1.807) is 4.90 Å². The van der Waals surface area contributed by atoms with Crippen LogP contribution in [0.5, 0.6) is 0 Å². The van der Waals surface area contributed by atoms with Crippen LogP contribution in [-0.4, -0.2) is 41.4 Å². The van der Waals surface area contributed by atoms with Gasteiger partial charge in [0.25, 0.3) is 5.91 Å². The second-order valence-electron chi connectivity index (χ2n) is 6.66. The lowest BCUT2D eigenvalue weighted by Crippen LogP contribution is -2.47. The molecule has 2 unspecified atom stereocenters. The maximum atomic E-state index is 13.1. The third-order valence-electron chi connectivity index (χ3n) is 4.35. The second-order valence-corrected chi connectivity index (χ2v) is 6.66. The van der Waals surface area contributed by atoms with Gasteiger partial charge >= 0.3 is 0 Å². The van der Waals surface area contributed by atoms with Gasteiger partial charge in [0.1, 0.15) is 6.04 Å². The Balaban J connectivity index is 1.93. The molecule has 1 heterocycles. The molecule has 1 aliphatic rings. The SMILES string of the molecule is CC(C)NC(=O)C1CC(N)CN1C(=O)c1cccc2ccccc12. The van der Waals surface area contributed by atoms with Crippen molar-refractivity contribution in [1.29, 1.82) is 0 Å². The van der Waals surface area contributed by atoms with Crippen LogP contribution in [0.25, 0.3) is 10.8 Å². The van der Waals surface area contributed by atoms with Crippen LogP contribution in [-0.2, 0) is 4.79 Å². The van der Waals surface area contributed by atoms with Crippen LogP contribution < -0.4 is 11.1 Å². The molecule has 24 heavy (non-hydrogen) atoms. The smallest absolute Gasteiger partial charge is 0.255 e. The summed E-state index contributed by atoms with van der Waals surface area (Å²) in [6.07, 6.45) is 0.495. The van der Waals surface area contributed by atoms with Gasteiger partial charge < -0.3 is 16.0 Å². The number of hydrogen-bond acceptors (Lipinski definition) is 3. The van der Waals surface area contributed by atoms with Gasteiger partial charge in [-0.1, -0.05) is 36.4 Å². The lowest BCUT2D eigenvalue weighted by atomic mass is 10.0. The molecule has 0 spiro atoms. The van der Waals surface area contributed by atoms with E-state index >= 15 is 0 Å². The van der Waals surface area contributed by atoms with E-state index in [1.165, 1.54) is 0 Å². The monoisotopic (exact) mass is 325 g/mol. The van der Waals surface area contributed by atoms with Crippen molar-refractivity contribution in [3.05, 3.63) is 48.0 Å². The Hall–Kier alpha value is -2.40. The van der Waals surface area contributed by atoms with Crippen LogP contribution in [0, 0.1) is 0 Å². The summed E-state index contributed by atoms with van der Waals surface area (Å²) in [7, 11) is 0. The summed E-state index contributed by atoms with van der Waals surface area (Å²) < 4.78 is 0. The van der Waals surface area contributed by atoms with E-state index in [2.05, 4.69) is 5.32 Å². The number of carbonyl (C=O) groups excluding carboxylic acids is 2. The normalized spacial score (nSPS) is 20.6. The predicted octanol–water partition coefficient (Wildman–Crippen LogP) is 1.91. The first kappa shape index (κ1) is 16.5. The summed E-state index contributed by atoms with van der Waals surface area (Å²) in [5.74, 6) is -0.268. The number of carbonyl (C=O) groups is 2. The average molecular weight is 325 g/mol. The minimum Gasteiger partial charge on any atom is -0.352 e. The molecular formula is C19H23N3O2. The Morgan fingerprint density at radius 2 is 1.88 bits per heavy atom. The number of nitrogens with one attached hydrogen (secondary N) is 1. The number of amides is 2. The average Bonchev–Trinajstić information content (AvgIpc) is 2.95.